The van der Waals surface area contributed by atoms with Gasteiger partial charge in [-0.25, -0.2) is 0 Å². The van der Waals surface area contributed by atoms with Crippen molar-refractivity contribution in [1.29, 1.82) is 0 Å². The molecule has 0 saturated heterocycles. The number of rotatable bonds is 6. The predicted octanol–water partition coefficient (Wildman–Crippen LogP) is 6.61. The van der Waals surface area contributed by atoms with Crippen molar-refractivity contribution in [3.05, 3.63) is 155 Å². The largest absolute Gasteiger partial charge is 0.618 e. The van der Waals surface area contributed by atoms with Gasteiger partial charge in [-0.05, 0) is 48.5 Å². The molecule has 5 aromatic carbocycles. The van der Waals surface area contributed by atoms with Gasteiger partial charge in [-0.2, -0.15) is 4.74 Å². The van der Waals surface area contributed by atoms with Crippen LogP contribution in [0.25, 0.3) is 0 Å². The van der Waals surface area contributed by atoms with Crippen LogP contribution in [0, 0.1) is 10.1 Å². The highest BCUT2D eigenvalue weighted by molar-refractivity contribution is 6.10. The van der Waals surface area contributed by atoms with Gasteiger partial charge in [0, 0.05) is 23.3 Å². The first-order chi connectivity index (χ1) is 19.0. The van der Waals surface area contributed by atoms with E-state index in [2.05, 4.69) is 5.43 Å². The van der Waals surface area contributed by atoms with Crippen LogP contribution < -0.4 is 5.43 Å². The van der Waals surface area contributed by atoms with E-state index in [1.807, 2.05) is 60.7 Å². The van der Waals surface area contributed by atoms with E-state index in [0.29, 0.717) is 10.6 Å². The molecule has 8 heteroatoms. The van der Waals surface area contributed by atoms with Crippen molar-refractivity contribution in [2.75, 3.05) is 5.43 Å². The Labute approximate surface area is 225 Å². The molecule has 0 radical (unpaired) electrons. The molecule has 0 amide bonds. The minimum Gasteiger partial charge on any atom is -0.618 e. The Balaban J connectivity index is 0.000000187. The van der Waals surface area contributed by atoms with Crippen molar-refractivity contribution in [2.24, 2.45) is 0 Å². The summed E-state index contributed by atoms with van der Waals surface area (Å²) in [6, 6.07) is 37.9. The van der Waals surface area contributed by atoms with Gasteiger partial charge < -0.3 is 20.5 Å². The van der Waals surface area contributed by atoms with E-state index in [1.54, 1.807) is 48.5 Å². The van der Waals surface area contributed by atoms with Crippen LogP contribution in [-0.4, -0.2) is 30.6 Å². The summed E-state index contributed by atoms with van der Waals surface area (Å²) in [4.78, 5) is 12.1. The topological polar surface area (TPSA) is 119 Å². The average molecular weight is 521 g/mol. The molecular weight excluding hydrogens is 494 g/mol. The normalized spacial score (nSPS) is 10.1. The summed E-state index contributed by atoms with van der Waals surface area (Å²) >= 11 is 0. The number of para-hydroxylation sites is 6. The van der Waals surface area contributed by atoms with Crippen molar-refractivity contribution >= 4 is 22.8 Å². The lowest BCUT2D eigenvalue weighted by atomic mass is 10.0. The number of phenols is 3. The fourth-order valence-corrected chi connectivity index (χ4v) is 3.72. The molecule has 0 aromatic heterocycles. The zero-order chi connectivity index (χ0) is 27.6. The number of hydrogen-bond acceptors (Lipinski definition) is 5. The van der Waals surface area contributed by atoms with Crippen LogP contribution in [0.2, 0.25) is 0 Å². The molecule has 0 fully saturated rings. The lowest BCUT2D eigenvalue weighted by molar-refractivity contribution is -0.428. The Morgan fingerprint density at radius 3 is 1.44 bits per heavy atom. The SMILES string of the molecule is O=[N+](Nc1ccccc1O)c1ccccc1O.[O-][N+](=C(c1ccccc1)c1ccccc1)c1ccccc1O. The van der Waals surface area contributed by atoms with E-state index in [-0.39, 0.29) is 34.3 Å². The zero-order valence-electron chi connectivity index (χ0n) is 20.8. The minimum absolute atomic E-state index is 0.0382. The minimum atomic E-state index is -0.134. The predicted molar refractivity (Wildman–Crippen MR) is 151 cm³/mol. The molecule has 8 nitrogen and oxygen atoms in total. The number of hydrogen-bond donors (Lipinski definition) is 4. The second-order valence-corrected chi connectivity index (χ2v) is 8.28. The number of nitrogens with zero attached hydrogens (tertiary/aromatic N) is 2. The van der Waals surface area contributed by atoms with Gasteiger partial charge in [-0.3, -0.25) is 0 Å². The molecule has 0 unspecified atom stereocenters. The van der Waals surface area contributed by atoms with Crippen molar-refractivity contribution in [1.82, 2.24) is 0 Å². The molecule has 0 heterocycles. The van der Waals surface area contributed by atoms with E-state index >= 15 is 0 Å². The Morgan fingerprint density at radius 2 is 0.949 bits per heavy atom. The summed E-state index contributed by atoms with van der Waals surface area (Å²) in [7, 11) is 0. The highest BCUT2D eigenvalue weighted by Gasteiger charge is 2.21. The first kappa shape index (κ1) is 26.4. The highest BCUT2D eigenvalue weighted by Crippen LogP contribution is 2.28. The number of benzene rings is 5. The number of nitrogens with one attached hydrogen (secondary N) is 1. The number of anilines is 1. The number of phenolic OH excluding ortho intramolecular Hbond substituents is 3. The van der Waals surface area contributed by atoms with Crippen molar-refractivity contribution < 1.29 is 24.9 Å². The van der Waals surface area contributed by atoms with Gasteiger partial charge in [0.25, 0.3) is 5.69 Å². The Bertz CT molecular complexity index is 1550. The third-order valence-corrected chi connectivity index (χ3v) is 5.62. The summed E-state index contributed by atoms with van der Waals surface area (Å²) in [5, 5.41) is 41.8. The van der Waals surface area contributed by atoms with Crippen LogP contribution in [0.1, 0.15) is 11.1 Å². The molecule has 0 saturated carbocycles. The van der Waals surface area contributed by atoms with E-state index in [4.69, 9.17) is 0 Å². The molecule has 0 atom stereocenters. The van der Waals surface area contributed by atoms with Crippen molar-refractivity contribution in [3.8, 4) is 17.2 Å². The van der Waals surface area contributed by atoms with Gasteiger partial charge in [-0.15, -0.1) is 5.43 Å². The standard InChI is InChI=1S/C19H15NO2.C12H10N2O3/c21-18-14-8-7-13-17(18)20(22)19(15-9-3-1-4-10-15)16-11-5-2-6-12-16;15-11-7-3-1-5-9(11)13-14(17)10-6-2-4-8-12(10)16/h1-14,21H;1-8H,(H2-,13,15,16,17)/p+1. The molecule has 194 valence electrons. The van der Waals surface area contributed by atoms with E-state index in [9.17, 15) is 25.4 Å². The average Bonchev–Trinajstić information content (AvgIpc) is 2.96. The van der Waals surface area contributed by atoms with Crippen LogP contribution in [0.3, 0.4) is 0 Å². The molecule has 5 aromatic rings. The van der Waals surface area contributed by atoms with Crippen LogP contribution in [0.4, 0.5) is 17.1 Å². The van der Waals surface area contributed by atoms with Gasteiger partial charge in [0.2, 0.25) is 5.71 Å². The van der Waals surface area contributed by atoms with E-state index < -0.39 is 0 Å². The summed E-state index contributed by atoms with van der Waals surface area (Å²) in [6.07, 6.45) is 0. The fourth-order valence-electron chi connectivity index (χ4n) is 3.72. The molecule has 5 rings (SSSR count). The van der Waals surface area contributed by atoms with Gasteiger partial charge >= 0.3 is 5.69 Å². The smallest absolute Gasteiger partial charge is 0.333 e. The van der Waals surface area contributed by atoms with E-state index in [0.717, 1.165) is 15.9 Å². The summed E-state index contributed by atoms with van der Waals surface area (Å²) in [5.41, 5.74) is 5.11. The summed E-state index contributed by atoms with van der Waals surface area (Å²) in [5.74, 6) is -0.212. The summed E-state index contributed by atoms with van der Waals surface area (Å²) < 4.78 is 0.778. The molecular formula is C31H26N3O5+. The molecule has 0 bridgehead atoms. The number of aromatic hydroxyl groups is 3. The molecule has 0 aliphatic rings. The maximum absolute atomic E-state index is 12.9. The van der Waals surface area contributed by atoms with Crippen molar-refractivity contribution in [2.45, 2.75) is 0 Å². The first-order valence-electron chi connectivity index (χ1n) is 12.0. The van der Waals surface area contributed by atoms with Gasteiger partial charge in [0.05, 0.1) is 4.91 Å². The number of hydrazine groups is 1. The second-order valence-electron chi connectivity index (χ2n) is 8.28. The zero-order valence-corrected chi connectivity index (χ0v) is 20.8. The molecule has 39 heavy (non-hydrogen) atoms. The van der Waals surface area contributed by atoms with Crippen LogP contribution in [0.15, 0.2) is 133 Å². The Morgan fingerprint density at radius 1 is 0.538 bits per heavy atom. The molecule has 4 N–H and O–H groups in total. The van der Waals surface area contributed by atoms with Crippen LogP contribution in [-0.2, 0) is 0 Å². The third kappa shape index (κ3) is 6.58. The van der Waals surface area contributed by atoms with Gasteiger partial charge in [-0.1, -0.05) is 72.8 Å². The highest BCUT2D eigenvalue weighted by atomic mass is 16.5. The molecule has 0 aliphatic carbocycles. The lowest BCUT2D eigenvalue weighted by Gasteiger charge is -2.12. The molecule has 0 spiro atoms. The quantitative estimate of drug-likeness (QED) is 0.0658. The van der Waals surface area contributed by atoms with E-state index in [1.165, 1.54) is 24.3 Å². The maximum atomic E-state index is 12.9. The van der Waals surface area contributed by atoms with Crippen molar-refractivity contribution in [3.63, 3.8) is 0 Å². The number of nitroso groups, excluding NO2 is 1. The second kappa shape index (κ2) is 12.6. The maximum Gasteiger partial charge on any atom is 0.333 e. The van der Waals surface area contributed by atoms with Crippen LogP contribution >= 0.6 is 0 Å². The Hall–Kier alpha value is -5.63. The monoisotopic (exact) mass is 520 g/mol. The third-order valence-electron chi connectivity index (χ3n) is 5.62. The first-order valence-corrected chi connectivity index (χ1v) is 12.0. The Kier molecular flexibility index (Phi) is 8.51. The van der Waals surface area contributed by atoms with Gasteiger partial charge in [0.1, 0.15) is 11.4 Å². The summed E-state index contributed by atoms with van der Waals surface area (Å²) in [6.45, 7) is 0. The molecule has 0 aliphatic heterocycles. The fraction of sp³-hybridized carbons (Fsp3) is 0. The van der Waals surface area contributed by atoms with Gasteiger partial charge in [0.15, 0.2) is 16.4 Å². The lowest BCUT2D eigenvalue weighted by Crippen LogP contribution is -2.15. The van der Waals surface area contributed by atoms with Crippen LogP contribution in [0.5, 0.6) is 17.2 Å².